The molecule has 1 N–H and O–H groups in total. The highest BCUT2D eigenvalue weighted by Crippen LogP contribution is 2.29. The van der Waals surface area contributed by atoms with Crippen LogP contribution in [0.25, 0.3) is 0 Å². The summed E-state index contributed by atoms with van der Waals surface area (Å²) in [7, 11) is -4.20. The van der Waals surface area contributed by atoms with E-state index in [1.54, 1.807) is 61.5 Å². The Hall–Kier alpha value is -3.27. The maximum Gasteiger partial charge on any atom is 0.264 e. The lowest BCUT2D eigenvalue weighted by molar-refractivity contribution is -0.140. The molecule has 0 unspecified atom stereocenters. The van der Waals surface area contributed by atoms with Gasteiger partial charge in [-0.2, -0.15) is 0 Å². The van der Waals surface area contributed by atoms with E-state index in [0.717, 1.165) is 9.87 Å². The molecule has 0 aliphatic heterocycles. The zero-order chi connectivity index (χ0) is 31.7. The van der Waals surface area contributed by atoms with Gasteiger partial charge in [-0.05, 0) is 82.1 Å². The quantitative estimate of drug-likeness (QED) is 0.212. The predicted molar refractivity (Wildman–Crippen MR) is 172 cm³/mol. The Morgan fingerprint density at radius 2 is 1.51 bits per heavy atom. The first kappa shape index (κ1) is 34.2. The van der Waals surface area contributed by atoms with Gasteiger partial charge < -0.3 is 15.0 Å². The summed E-state index contributed by atoms with van der Waals surface area (Å²) in [5.74, 6) is -0.373. The molecule has 0 spiro atoms. The van der Waals surface area contributed by atoms with Crippen LogP contribution in [0.15, 0.2) is 71.6 Å². The molecule has 0 aromatic heterocycles. The number of rotatable bonds is 14. The molecule has 3 aromatic carbocycles. The summed E-state index contributed by atoms with van der Waals surface area (Å²) in [6.07, 6.45) is 0.983. The van der Waals surface area contributed by atoms with E-state index in [9.17, 15) is 18.0 Å². The molecular formula is C32H39Cl2N3O5S. The van der Waals surface area contributed by atoms with Crippen LogP contribution in [0.4, 0.5) is 5.69 Å². The number of hydrogen-bond donors (Lipinski definition) is 1. The molecule has 3 rings (SSSR count). The van der Waals surface area contributed by atoms with Gasteiger partial charge in [0.1, 0.15) is 18.3 Å². The van der Waals surface area contributed by atoms with Crippen molar-refractivity contribution >= 4 is 50.7 Å². The van der Waals surface area contributed by atoms with Crippen LogP contribution in [-0.2, 0) is 26.2 Å². The number of anilines is 1. The molecular weight excluding hydrogens is 609 g/mol. The molecule has 0 saturated heterocycles. The van der Waals surface area contributed by atoms with Crippen molar-refractivity contribution in [3.63, 3.8) is 0 Å². The molecule has 11 heteroatoms. The lowest BCUT2D eigenvalue weighted by Crippen LogP contribution is -2.53. The molecule has 3 aromatic rings. The molecule has 0 aliphatic rings. The van der Waals surface area contributed by atoms with Gasteiger partial charge in [-0.15, -0.1) is 0 Å². The number of nitrogens with one attached hydrogen (secondary N) is 1. The second-order valence-electron chi connectivity index (χ2n) is 10.2. The lowest BCUT2D eigenvalue weighted by atomic mass is 10.1. The van der Waals surface area contributed by atoms with Gasteiger partial charge in [-0.1, -0.05) is 60.8 Å². The number of hydrogen-bond acceptors (Lipinski definition) is 5. The van der Waals surface area contributed by atoms with Crippen molar-refractivity contribution in [2.45, 2.75) is 71.0 Å². The summed E-state index contributed by atoms with van der Waals surface area (Å²) in [4.78, 5) is 29.1. The summed E-state index contributed by atoms with van der Waals surface area (Å²) >= 11 is 13.0. The Labute approximate surface area is 265 Å². The average molecular weight is 649 g/mol. The molecule has 2 amide bonds. The van der Waals surface area contributed by atoms with E-state index in [0.29, 0.717) is 34.4 Å². The van der Waals surface area contributed by atoms with E-state index in [4.69, 9.17) is 27.9 Å². The second-order valence-corrected chi connectivity index (χ2v) is 12.9. The van der Waals surface area contributed by atoms with Crippen LogP contribution in [0.2, 0.25) is 10.0 Å². The van der Waals surface area contributed by atoms with Crippen molar-refractivity contribution in [2.24, 2.45) is 0 Å². The standard InChI is InChI=1S/C32H39Cl2N3O5S/c1-6-23(5)35-32(39)30(7-2)36(20-27-28(33)10-9-11-29(27)34)31(38)21-37(24-14-16-25(17-15-24)42-8-3)43(40,41)26-18-12-22(4)13-19-26/h9-19,23,30H,6-8,20-21H2,1-5H3,(H,35,39)/t23-,30-/m0/s1. The van der Waals surface area contributed by atoms with Crippen LogP contribution in [0, 0.1) is 6.92 Å². The summed E-state index contributed by atoms with van der Waals surface area (Å²) in [5, 5.41) is 3.61. The number of halogens is 2. The Morgan fingerprint density at radius 3 is 2.05 bits per heavy atom. The monoisotopic (exact) mass is 647 g/mol. The maximum absolute atomic E-state index is 14.2. The summed E-state index contributed by atoms with van der Waals surface area (Å²) < 4.78 is 34.7. The first-order chi connectivity index (χ1) is 20.4. The Bertz CT molecular complexity index is 1480. The first-order valence-corrected chi connectivity index (χ1v) is 16.5. The minimum Gasteiger partial charge on any atom is -0.494 e. The van der Waals surface area contributed by atoms with Crippen molar-refractivity contribution < 1.29 is 22.7 Å². The lowest BCUT2D eigenvalue weighted by Gasteiger charge is -2.34. The van der Waals surface area contributed by atoms with Crippen molar-refractivity contribution in [3.05, 3.63) is 87.9 Å². The largest absolute Gasteiger partial charge is 0.494 e. The molecule has 0 fully saturated rings. The van der Waals surface area contributed by atoms with Crippen LogP contribution in [0.5, 0.6) is 5.75 Å². The number of amides is 2. The molecule has 43 heavy (non-hydrogen) atoms. The number of ether oxygens (including phenoxy) is 1. The molecule has 0 saturated carbocycles. The highest BCUT2D eigenvalue weighted by molar-refractivity contribution is 7.92. The predicted octanol–water partition coefficient (Wildman–Crippen LogP) is 6.62. The summed E-state index contributed by atoms with van der Waals surface area (Å²) in [5.41, 5.74) is 1.62. The van der Waals surface area contributed by atoms with Gasteiger partial charge in [0.05, 0.1) is 17.2 Å². The third-order valence-corrected chi connectivity index (χ3v) is 9.60. The van der Waals surface area contributed by atoms with Gasteiger partial charge in [0, 0.05) is 28.2 Å². The minimum absolute atomic E-state index is 0.0297. The Morgan fingerprint density at radius 1 is 0.907 bits per heavy atom. The third kappa shape index (κ3) is 8.65. The van der Waals surface area contributed by atoms with E-state index in [1.165, 1.54) is 17.0 Å². The summed E-state index contributed by atoms with van der Waals surface area (Å²) in [6, 6.07) is 16.9. The zero-order valence-electron chi connectivity index (χ0n) is 25.1. The highest BCUT2D eigenvalue weighted by atomic mass is 35.5. The Balaban J connectivity index is 2.10. The van der Waals surface area contributed by atoms with Crippen LogP contribution in [0.1, 0.15) is 51.7 Å². The SMILES string of the molecule is CCOc1ccc(N(CC(=O)N(Cc2c(Cl)cccc2Cl)[C@@H](CC)C(=O)N[C@@H](C)CC)S(=O)(=O)c2ccc(C)cc2)cc1. The molecule has 0 bridgehead atoms. The number of sulfonamides is 1. The van der Waals surface area contributed by atoms with E-state index >= 15 is 0 Å². The third-order valence-electron chi connectivity index (χ3n) is 7.10. The number of benzene rings is 3. The van der Waals surface area contributed by atoms with Gasteiger partial charge >= 0.3 is 0 Å². The Kier molecular flexibility index (Phi) is 12.3. The number of carbonyl (C=O) groups excluding carboxylic acids is 2. The molecule has 0 aliphatic carbocycles. The van der Waals surface area contributed by atoms with Crippen molar-refractivity contribution in [1.82, 2.24) is 10.2 Å². The second kappa shape index (κ2) is 15.5. The van der Waals surface area contributed by atoms with Gasteiger partial charge in [0.2, 0.25) is 11.8 Å². The van der Waals surface area contributed by atoms with Crippen molar-refractivity contribution in [2.75, 3.05) is 17.5 Å². The fourth-order valence-corrected chi connectivity index (χ4v) is 6.39. The van der Waals surface area contributed by atoms with E-state index in [2.05, 4.69) is 5.32 Å². The van der Waals surface area contributed by atoms with Crippen LogP contribution in [0.3, 0.4) is 0 Å². The van der Waals surface area contributed by atoms with E-state index in [-0.39, 0.29) is 35.5 Å². The normalized spacial score (nSPS) is 12.7. The van der Waals surface area contributed by atoms with Crippen LogP contribution >= 0.6 is 23.2 Å². The van der Waals surface area contributed by atoms with Gasteiger partial charge in [-0.25, -0.2) is 8.42 Å². The molecule has 0 radical (unpaired) electrons. The van der Waals surface area contributed by atoms with Crippen molar-refractivity contribution in [3.8, 4) is 5.75 Å². The first-order valence-electron chi connectivity index (χ1n) is 14.3. The topological polar surface area (TPSA) is 96.0 Å². The van der Waals surface area contributed by atoms with Crippen LogP contribution in [-0.4, -0.2) is 50.4 Å². The van der Waals surface area contributed by atoms with E-state index in [1.807, 2.05) is 27.7 Å². The van der Waals surface area contributed by atoms with Crippen LogP contribution < -0.4 is 14.4 Å². The molecule has 2 atom stereocenters. The average Bonchev–Trinajstić information content (AvgIpc) is 2.97. The summed E-state index contributed by atoms with van der Waals surface area (Å²) in [6.45, 7) is 9.11. The fourth-order valence-electron chi connectivity index (χ4n) is 4.46. The molecule has 0 heterocycles. The highest BCUT2D eigenvalue weighted by Gasteiger charge is 2.34. The zero-order valence-corrected chi connectivity index (χ0v) is 27.5. The minimum atomic E-state index is -4.20. The van der Waals surface area contributed by atoms with Gasteiger partial charge in [0.15, 0.2) is 0 Å². The van der Waals surface area contributed by atoms with Crippen molar-refractivity contribution in [1.29, 1.82) is 0 Å². The number of carbonyl (C=O) groups is 2. The fraction of sp³-hybridized carbons (Fsp3) is 0.375. The smallest absolute Gasteiger partial charge is 0.264 e. The van der Waals surface area contributed by atoms with Gasteiger partial charge in [-0.3, -0.25) is 13.9 Å². The number of aryl methyl sites for hydroxylation is 1. The number of nitrogens with zero attached hydrogens (tertiary/aromatic N) is 2. The van der Waals surface area contributed by atoms with Gasteiger partial charge in [0.25, 0.3) is 10.0 Å². The maximum atomic E-state index is 14.2. The molecule has 232 valence electrons. The van der Waals surface area contributed by atoms with E-state index < -0.39 is 28.5 Å². The molecule has 8 nitrogen and oxygen atoms in total.